The van der Waals surface area contributed by atoms with E-state index < -0.39 is 0 Å². The highest BCUT2D eigenvalue weighted by Crippen LogP contribution is 2.10. The molecule has 0 saturated carbocycles. The van der Waals surface area contributed by atoms with Crippen LogP contribution < -0.4 is 0 Å². The van der Waals surface area contributed by atoms with Crippen LogP contribution in [-0.4, -0.2) is 24.9 Å². The van der Waals surface area contributed by atoms with Crippen LogP contribution >= 0.6 is 0 Å². The highest BCUT2D eigenvalue weighted by Gasteiger charge is 2.02. The Morgan fingerprint density at radius 1 is 0.727 bits per heavy atom. The van der Waals surface area contributed by atoms with Crippen LogP contribution in [0.2, 0.25) is 0 Å². The van der Waals surface area contributed by atoms with Gasteiger partial charge in [-0.1, -0.05) is 70.4 Å². The van der Waals surface area contributed by atoms with Crippen molar-refractivity contribution in [3.8, 4) is 0 Å². The Kier molecular flexibility index (Phi) is 16.0. The van der Waals surface area contributed by atoms with Crippen molar-refractivity contribution < 1.29 is 4.79 Å². The maximum absolute atomic E-state index is 11.4. The number of nitrogens with zero attached hydrogens (tertiary/aromatic N) is 1. The molecule has 0 spiro atoms. The molecular formula is C20H39NO. The minimum Gasteiger partial charge on any atom is -0.349 e. The van der Waals surface area contributed by atoms with Crippen LogP contribution in [0.4, 0.5) is 0 Å². The van der Waals surface area contributed by atoms with E-state index in [0.29, 0.717) is 6.42 Å². The van der Waals surface area contributed by atoms with Crippen LogP contribution in [0.5, 0.6) is 0 Å². The topological polar surface area (TPSA) is 20.3 Å². The fraction of sp³-hybridized carbons (Fsp3) is 0.850. The summed E-state index contributed by atoms with van der Waals surface area (Å²) in [5.74, 6) is 0.262. The van der Waals surface area contributed by atoms with Crippen molar-refractivity contribution in [2.24, 2.45) is 0 Å². The lowest BCUT2D eigenvalue weighted by Gasteiger charge is -2.09. The maximum Gasteiger partial charge on any atom is 0.222 e. The average Bonchev–Trinajstić information content (AvgIpc) is 2.50. The third-order valence-electron chi connectivity index (χ3n) is 4.15. The van der Waals surface area contributed by atoms with E-state index >= 15 is 0 Å². The van der Waals surface area contributed by atoms with E-state index in [-0.39, 0.29) is 5.91 Å². The number of hydrogen-bond donors (Lipinski definition) is 0. The lowest BCUT2D eigenvalue weighted by Crippen LogP contribution is -2.20. The Morgan fingerprint density at radius 2 is 1.18 bits per heavy atom. The summed E-state index contributed by atoms with van der Waals surface area (Å²) in [7, 11) is 3.67. The Labute approximate surface area is 139 Å². The van der Waals surface area contributed by atoms with E-state index in [0.717, 1.165) is 6.42 Å². The van der Waals surface area contributed by atoms with Gasteiger partial charge < -0.3 is 4.90 Å². The molecule has 0 rings (SSSR count). The Bertz CT molecular complexity index is 271. The largest absolute Gasteiger partial charge is 0.349 e. The van der Waals surface area contributed by atoms with Crippen LogP contribution in [0.25, 0.3) is 0 Å². The summed E-state index contributed by atoms with van der Waals surface area (Å²) in [6.07, 6.45) is 22.4. The van der Waals surface area contributed by atoms with Gasteiger partial charge in [-0.25, -0.2) is 0 Å². The number of unbranched alkanes of at least 4 members (excludes halogenated alkanes) is 11. The summed E-state index contributed by atoms with van der Waals surface area (Å²) < 4.78 is 0. The molecule has 2 nitrogen and oxygen atoms in total. The third-order valence-corrected chi connectivity index (χ3v) is 4.15. The summed E-state index contributed by atoms with van der Waals surface area (Å²) in [4.78, 5) is 13.1. The minimum absolute atomic E-state index is 0.262. The molecule has 0 radical (unpaired) electrons. The second-order valence-electron chi connectivity index (χ2n) is 6.62. The van der Waals surface area contributed by atoms with Gasteiger partial charge in [0.05, 0.1) is 0 Å². The number of carbonyl (C=O) groups excluding carboxylic acids is 1. The lowest BCUT2D eigenvalue weighted by molar-refractivity contribution is -0.128. The van der Waals surface area contributed by atoms with Gasteiger partial charge >= 0.3 is 0 Å². The van der Waals surface area contributed by atoms with Gasteiger partial charge in [-0.2, -0.15) is 0 Å². The molecule has 0 N–H and O–H groups in total. The van der Waals surface area contributed by atoms with Gasteiger partial charge in [0.1, 0.15) is 0 Å². The molecule has 22 heavy (non-hydrogen) atoms. The molecule has 1 amide bonds. The smallest absolute Gasteiger partial charge is 0.222 e. The van der Waals surface area contributed by atoms with Gasteiger partial charge in [0, 0.05) is 20.5 Å². The molecule has 0 aliphatic rings. The first-order chi connectivity index (χ1) is 10.7. The van der Waals surface area contributed by atoms with Crippen molar-refractivity contribution >= 4 is 5.91 Å². The lowest BCUT2D eigenvalue weighted by atomic mass is 10.1. The number of hydrogen-bond acceptors (Lipinski definition) is 1. The molecule has 0 heterocycles. The van der Waals surface area contributed by atoms with Gasteiger partial charge in [-0.05, 0) is 32.1 Å². The van der Waals surface area contributed by atoms with Crippen molar-refractivity contribution in [3.05, 3.63) is 12.2 Å². The van der Waals surface area contributed by atoms with Crippen molar-refractivity contribution in [2.45, 2.75) is 96.8 Å². The second-order valence-corrected chi connectivity index (χ2v) is 6.62. The van der Waals surface area contributed by atoms with Crippen molar-refractivity contribution in [2.75, 3.05) is 14.1 Å². The van der Waals surface area contributed by atoms with E-state index in [1.807, 2.05) is 14.1 Å². The highest BCUT2D eigenvalue weighted by atomic mass is 16.2. The molecular weight excluding hydrogens is 270 g/mol. The van der Waals surface area contributed by atoms with E-state index in [4.69, 9.17) is 0 Å². The Hall–Kier alpha value is -0.790. The molecule has 0 aliphatic heterocycles. The molecule has 0 saturated heterocycles. The summed E-state index contributed by atoms with van der Waals surface area (Å²) in [5.41, 5.74) is 0. The van der Waals surface area contributed by atoms with Crippen LogP contribution in [0.1, 0.15) is 96.8 Å². The third kappa shape index (κ3) is 15.6. The Balaban J connectivity index is 3.16. The fourth-order valence-corrected chi connectivity index (χ4v) is 2.57. The van der Waals surface area contributed by atoms with E-state index in [1.54, 1.807) is 4.90 Å². The number of carbonyl (C=O) groups is 1. The molecule has 0 fully saturated rings. The fourth-order valence-electron chi connectivity index (χ4n) is 2.57. The zero-order valence-corrected chi connectivity index (χ0v) is 15.4. The molecule has 0 aromatic heterocycles. The summed E-state index contributed by atoms with van der Waals surface area (Å²) in [6, 6.07) is 0. The Morgan fingerprint density at radius 3 is 1.68 bits per heavy atom. The van der Waals surface area contributed by atoms with Gasteiger partial charge in [-0.3, -0.25) is 4.79 Å². The van der Waals surface area contributed by atoms with Gasteiger partial charge in [0.15, 0.2) is 0 Å². The first-order valence-corrected chi connectivity index (χ1v) is 9.53. The molecule has 0 bridgehead atoms. The quantitative estimate of drug-likeness (QED) is 0.264. The van der Waals surface area contributed by atoms with Gasteiger partial charge in [-0.15, -0.1) is 0 Å². The summed E-state index contributed by atoms with van der Waals surface area (Å²) >= 11 is 0. The number of rotatable bonds is 15. The SMILES string of the molecule is CCCCCCCC/C=C/CCCCCCCC(=O)N(C)C. The van der Waals surface area contributed by atoms with Gasteiger partial charge in [0.25, 0.3) is 0 Å². The molecule has 130 valence electrons. The average molecular weight is 310 g/mol. The predicted octanol–water partition coefficient (Wildman–Crippen LogP) is 6.11. The molecule has 0 aliphatic carbocycles. The molecule has 0 aromatic carbocycles. The van der Waals surface area contributed by atoms with Gasteiger partial charge in [0.2, 0.25) is 5.91 Å². The normalized spacial score (nSPS) is 11.2. The first kappa shape index (κ1) is 21.2. The first-order valence-electron chi connectivity index (χ1n) is 9.53. The monoisotopic (exact) mass is 309 g/mol. The molecule has 0 atom stereocenters. The molecule has 0 aromatic rings. The number of amides is 1. The van der Waals surface area contributed by atoms with E-state index in [2.05, 4.69) is 19.1 Å². The van der Waals surface area contributed by atoms with E-state index in [9.17, 15) is 4.79 Å². The van der Waals surface area contributed by atoms with Crippen LogP contribution in [0.15, 0.2) is 12.2 Å². The molecule has 2 heteroatoms. The van der Waals surface area contributed by atoms with Crippen LogP contribution in [0, 0.1) is 0 Å². The minimum atomic E-state index is 0.262. The standard InChI is InChI=1S/C20H39NO/c1-4-5-6-7-8-9-10-11-12-13-14-15-16-17-18-19-20(22)21(2)3/h11-12H,4-10,13-19H2,1-3H3/b12-11+. The van der Waals surface area contributed by atoms with Crippen molar-refractivity contribution in [1.82, 2.24) is 4.90 Å². The van der Waals surface area contributed by atoms with Crippen molar-refractivity contribution in [1.29, 1.82) is 0 Å². The predicted molar refractivity (Wildman–Crippen MR) is 98.1 cm³/mol. The molecule has 0 unspecified atom stereocenters. The summed E-state index contributed by atoms with van der Waals surface area (Å²) in [6.45, 7) is 2.27. The van der Waals surface area contributed by atoms with E-state index in [1.165, 1.54) is 77.0 Å². The van der Waals surface area contributed by atoms with Crippen LogP contribution in [-0.2, 0) is 4.79 Å². The second kappa shape index (κ2) is 16.6. The summed E-state index contributed by atoms with van der Waals surface area (Å²) in [5, 5.41) is 0. The highest BCUT2D eigenvalue weighted by molar-refractivity contribution is 5.75. The maximum atomic E-state index is 11.4. The van der Waals surface area contributed by atoms with Crippen molar-refractivity contribution in [3.63, 3.8) is 0 Å². The number of allylic oxidation sites excluding steroid dienone is 2. The zero-order chi connectivity index (χ0) is 16.5. The van der Waals surface area contributed by atoms with Crippen LogP contribution in [0.3, 0.4) is 0 Å². The zero-order valence-electron chi connectivity index (χ0n) is 15.4.